The molecule has 0 spiro atoms. The summed E-state index contributed by atoms with van der Waals surface area (Å²) in [5.74, 6) is 0.321. The number of hydrogen-bond acceptors (Lipinski definition) is 3. The van der Waals surface area contributed by atoms with E-state index in [4.69, 9.17) is 0 Å². The molecule has 4 heteroatoms. The fourth-order valence-electron chi connectivity index (χ4n) is 3.05. The smallest absolute Gasteiger partial charge is 0.219 e. The van der Waals surface area contributed by atoms with Gasteiger partial charge >= 0.3 is 0 Å². The number of carbonyl (C=O) groups is 2. The van der Waals surface area contributed by atoms with E-state index in [1.165, 1.54) is 0 Å². The highest BCUT2D eigenvalue weighted by atomic mass is 16.2. The topological polar surface area (TPSA) is 40.6 Å². The molecule has 120 valence electrons. The Morgan fingerprint density at radius 2 is 1.65 bits per heavy atom. The summed E-state index contributed by atoms with van der Waals surface area (Å²) in [7, 11) is 0. The van der Waals surface area contributed by atoms with Crippen LogP contribution in [0.5, 0.6) is 0 Å². The molecular formula is C19H22N2O2. The molecule has 0 unspecified atom stereocenters. The third kappa shape index (κ3) is 3.77. The van der Waals surface area contributed by atoms with E-state index in [-0.39, 0.29) is 11.7 Å². The number of rotatable bonds is 4. The van der Waals surface area contributed by atoms with Gasteiger partial charge in [-0.25, -0.2) is 0 Å². The molecule has 2 aromatic carbocycles. The van der Waals surface area contributed by atoms with Crippen molar-refractivity contribution in [2.75, 3.05) is 32.7 Å². The van der Waals surface area contributed by atoms with Gasteiger partial charge in [-0.1, -0.05) is 36.4 Å². The van der Waals surface area contributed by atoms with E-state index in [9.17, 15) is 9.59 Å². The summed E-state index contributed by atoms with van der Waals surface area (Å²) in [6.45, 7) is 5.60. The number of nitrogens with zero attached hydrogens (tertiary/aromatic N) is 2. The number of piperazine rings is 1. The van der Waals surface area contributed by atoms with Crippen LogP contribution >= 0.6 is 0 Å². The average Bonchev–Trinajstić information content (AvgIpc) is 2.59. The first-order chi connectivity index (χ1) is 11.1. The van der Waals surface area contributed by atoms with E-state index in [2.05, 4.69) is 11.0 Å². The molecule has 3 rings (SSSR count). The minimum absolute atomic E-state index is 0.136. The Balaban J connectivity index is 1.55. The van der Waals surface area contributed by atoms with Gasteiger partial charge in [0.1, 0.15) is 0 Å². The normalized spacial score (nSPS) is 15.8. The van der Waals surface area contributed by atoms with Crippen molar-refractivity contribution in [1.29, 1.82) is 0 Å². The number of hydrogen-bond donors (Lipinski definition) is 0. The first kappa shape index (κ1) is 15.7. The molecule has 1 amide bonds. The zero-order chi connectivity index (χ0) is 16.2. The summed E-state index contributed by atoms with van der Waals surface area (Å²) in [5, 5.41) is 2.26. The van der Waals surface area contributed by atoms with E-state index in [1.54, 1.807) is 6.92 Å². The van der Waals surface area contributed by atoms with Crippen molar-refractivity contribution in [1.82, 2.24) is 9.80 Å². The second-order valence-corrected chi connectivity index (χ2v) is 6.08. The fraction of sp³-hybridized carbons (Fsp3) is 0.368. The predicted molar refractivity (Wildman–Crippen MR) is 91.6 cm³/mol. The third-order valence-electron chi connectivity index (χ3n) is 4.54. The van der Waals surface area contributed by atoms with Gasteiger partial charge in [-0.15, -0.1) is 0 Å². The van der Waals surface area contributed by atoms with Gasteiger partial charge in [-0.05, 0) is 16.8 Å². The molecule has 1 heterocycles. The largest absolute Gasteiger partial charge is 0.340 e. The van der Waals surface area contributed by atoms with Crippen molar-refractivity contribution in [2.24, 2.45) is 0 Å². The maximum atomic E-state index is 12.4. The number of fused-ring (bicyclic) bond motifs is 1. The lowest BCUT2D eigenvalue weighted by Gasteiger charge is -2.34. The van der Waals surface area contributed by atoms with E-state index >= 15 is 0 Å². The quantitative estimate of drug-likeness (QED) is 0.815. The van der Waals surface area contributed by atoms with Crippen molar-refractivity contribution in [3.8, 4) is 0 Å². The van der Waals surface area contributed by atoms with E-state index in [0.29, 0.717) is 6.42 Å². The molecule has 0 aromatic heterocycles. The van der Waals surface area contributed by atoms with Crippen LogP contribution in [0.25, 0.3) is 10.8 Å². The molecule has 0 aliphatic carbocycles. The Labute approximate surface area is 136 Å². The highest BCUT2D eigenvalue weighted by Gasteiger charge is 2.19. The lowest BCUT2D eigenvalue weighted by atomic mass is 10.0. The van der Waals surface area contributed by atoms with Crippen LogP contribution in [0.15, 0.2) is 42.5 Å². The second kappa shape index (κ2) is 6.92. The van der Waals surface area contributed by atoms with Gasteiger partial charge in [0, 0.05) is 51.6 Å². The standard InChI is InChI=1S/C19H22N2O2/c1-15(22)21-12-10-20(11-13-21)9-8-19(23)18-7-6-16-4-2-3-5-17(16)14-18/h2-7,14H,8-13H2,1H3. The van der Waals surface area contributed by atoms with Gasteiger partial charge < -0.3 is 4.90 Å². The third-order valence-corrected chi connectivity index (χ3v) is 4.54. The van der Waals surface area contributed by atoms with Crippen LogP contribution in [0.1, 0.15) is 23.7 Å². The lowest BCUT2D eigenvalue weighted by molar-refractivity contribution is -0.130. The van der Waals surface area contributed by atoms with Gasteiger partial charge in [0.05, 0.1) is 0 Å². The zero-order valence-electron chi connectivity index (χ0n) is 13.5. The Bertz CT molecular complexity index is 718. The maximum Gasteiger partial charge on any atom is 0.219 e. The van der Waals surface area contributed by atoms with Gasteiger partial charge in [0.2, 0.25) is 5.91 Å². The molecule has 0 radical (unpaired) electrons. The maximum absolute atomic E-state index is 12.4. The summed E-state index contributed by atoms with van der Waals surface area (Å²) in [6, 6.07) is 14.0. The zero-order valence-corrected chi connectivity index (χ0v) is 13.5. The van der Waals surface area contributed by atoms with Crippen molar-refractivity contribution < 1.29 is 9.59 Å². The summed E-state index contributed by atoms with van der Waals surface area (Å²) < 4.78 is 0. The average molecular weight is 310 g/mol. The molecule has 2 aromatic rings. The molecular weight excluding hydrogens is 288 g/mol. The SMILES string of the molecule is CC(=O)N1CCN(CCC(=O)c2ccc3ccccc3c2)CC1. The van der Waals surface area contributed by atoms with E-state index in [0.717, 1.165) is 49.1 Å². The number of ketones is 1. The number of amides is 1. The highest BCUT2D eigenvalue weighted by molar-refractivity contribution is 6.00. The van der Waals surface area contributed by atoms with Crippen LogP contribution in [0, 0.1) is 0 Å². The molecule has 0 N–H and O–H groups in total. The van der Waals surface area contributed by atoms with Crippen LogP contribution < -0.4 is 0 Å². The first-order valence-electron chi connectivity index (χ1n) is 8.13. The van der Waals surface area contributed by atoms with E-state index in [1.807, 2.05) is 41.3 Å². The van der Waals surface area contributed by atoms with Crippen molar-refractivity contribution in [3.63, 3.8) is 0 Å². The predicted octanol–water partition coefficient (Wildman–Crippen LogP) is 2.58. The van der Waals surface area contributed by atoms with E-state index < -0.39 is 0 Å². The molecule has 23 heavy (non-hydrogen) atoms. The van der Waals surface area contributed by atoms with Gasteiger partial charge in [-0.3, -0.25) is 14.5 Å². The minimum Gasteiger partial charge on any atom is -0.340 e. The Kier molecular flexibility index (Phi) is 4.72. The molecule has 1 aliphatic heterocycles. The summed E-state index contributed by atoms with van der Waals surface area (Å²) in [5.41, 5.74) is 0.783. The van der Waals surface area contributed by atoms with Crippen LogP contribution in [0.2, 0.25) is 0 Å². The second-order valence-electron chi connectivity index (χ2n) is 6.08. The number of benzene rings is 2. The number of Topliss-reactive ketones (excluding diaryl/α,β-unsaturated/α-hetero) is 1. The molecule has 0 bridgehead atoms. The summed E-state index contributed by atoms with van der Waals surface area (Å²) in [4.78, 5) is 27.9. The molecule has 0 saturated carbocycles. The molecule has 1 fully saturated rings. The minimum atomic E-state index is 0.136. The summed E-state index contributed by atoms with van der Waals surface area (Å²) >= 11 is 0. The first-order valence-corrected chi connectivity index (χ1v) is 8.13. The van der Waals surface area contributed by atoms with Crippen molar-refractivity contribution in [3.05, 3.63) is 48.0 Å². The molecule has 0 atom stereocenters. The Hall–Kier alpha value is -2.20. The molecule has 4 nitrogen and oxygen atoms in total. The molecule has 1 aliphatic rings. The van der Waals surface area contributed by atoms with Crippen molar-refractivity contribution in [2.45, 2.75) is 13.3 Å². The van der Waals surface area contributed by atoms with Crippen LogP contribution in [0.3, 0.4) is 0 Å². The van der Waals surface area contributed by atoms with Crippen LogP contribution in [-0.4, -0.2) is 54.2 Å². The van der Waals surface area contributed by atoms with Crippen LogP contribution in [-0.2, 0) is 4.79 Å². The van der Waals surface area contributed by atoms with Crippen LogP contribution in [0.4, 0.5) is 0 Å². The highest BCUT2D eigenvalue weighted by Crippen LogP contribution is 2.17. The monoisotopic (exact) mass is 310 g/mol. The fourth-order valence-corrected chi connectivity index (χ4v) is 3.05. The Morgan fingerprint density at radius 3 is 2.35 bits per heavy atom. The van der Waals surface area contributed by atoms with Crippen molar-refractivity contribution >= 4 is 22.5 Å². The number of carbonyl (C=O) groups excluding carboxylic acids is 2. The summed E-state index contributed by atoms with van der Waals surface area (Å²) in [6.07, 6.45) is 0.526. The van der Waals surface area contributed by atoms with Gasteiger partial charge in [-0.2, -0.15) is 0 Å². The van der Waals surface area contributed by atoms with Gasteiger partial charge in [0.25, 0.3) is 0 Å². The van der Waals surface area contributed by atoms with Gasteiger partial charge in [0.15, 0.2) is 5.78 Å². The molecule has 1 saturated heterocycles. The Morgan fingerprint density at radius 1 is 0.957 bits per heavy atom. The lowest BCUT2D eigenvalue weighted by Crippen LogP contribution is -2.48.